The molecule has 0 aliphatic rings. The summed E-state index contributed by atoms with van der Waals surface area (Å²) in [5.41, 5.74) is 4.92. The van der Waals surface area contributed by atoms with E-state index in [4.69, 9.17) is 10.8 Å². The second-order valence-corrected chi connectivity index (χ2v) is 1.89. The van der Waals surface area contributed by atoms with E-state index < -0.39 is 6.23 Å². The van der Waals surface area contributed by atoms with Crippen molar-refractivity contribution >= 4 is 0 Å². The molecule has 0 aromatic rings. The van der Waals surface area contributed by atoms with Crippen LogP contribution in [0.2, 0.25) is 0 Å². The fraction of sp³-hybridized carbons (Fsp3) is 0.667. The van der Waals surface area contributed by atoms with Gasteiger partial charge in [-0.3, -0.25) is 5.73 Å². The molecule has 0 saturated carbocycles. The Bertz CT molecular complexity index is 95.4. The predicted octanol–water partition coefficient (Wildman–Crippen LogP) is -0.0771. The first-order valence-electron chi connectivity index (χ1n) is 2.57. The Morgan fingerprint density at radius 1 is 1.38 bits per heavy atom. The molecule has 0 aromatic heterocycles. The zero-order valence-corrected chi connectivity index (χ0v) is 5.18. The standard InChI is InChI=1S/C6H11NO/c1-5(2)3-4-6(7)8/h5-6,8H,7H2,1-2H3. The summed E-state index contributed by atoms with van der Waals surface area (Å²) in [5, 5.41) is 8.41. The van der Waals surface area contributed by atoms with Crippen molar-refractivity contribution in [1.29, 1.82) is 0 Å². The van der Waals surface area contributed by atoms with Gasteiger partial charge >= 0.3 is 0 Å². The van der Waals surface area contributed by atoms with Gasteiger partial charge in [0.15, 0.2) is 6.23 Å². The van der Waals surface area contributed by atoms with Gasteiger partial charge in [0.1, 0.15) is 0 Å². The SMILES string of the molecule is CC(C)C#CC(N)O. The van der Waals surface area contributed by atoms with Gasteiger partial charge in [-0.25, -0.2) is 0 Å². The third-order valence-electron chi connectivity index (χ3n) is 0.520. The van der Waals surface area contributed by atoms with Crippen LogP contribution in [-0.4, -0.2) is 11.3 Å². The van der Waals surface area contributed by atoms with Gasteiger partial charge in [-0.2, -0.15) is 0 Å². The van der Waals surface area contributed by atoms with Crippen molar-refractivity contribution < 1.29 is 5.11 Å². The van der Waals surface area contributed by atoms with Crippen LogP contribution in [0.5, 0.6) is 0 Å². The van der Waals surface area contributed by atoms with Crippen LogP contribution in [-0.2, 0) is 0 Å². The van der Waals surface area contributed by atoms with Gasteiger partial charge in [0.2, 0.25) is 0 Å². The number of aliphatic hydroxyl groups excluding tert-OH is 1. The van der Waals surface area contributed by atoms with Crippen LogP contribution in [0.4, 0.5) is 0 Å². The minimum absolute atomic E-state index is 0.285. The van der Waals surface area contributed by atoms with Crippen LogP contribution in [0.25, 0.3) is 0 Å². The molecule has 2 nitrogen and oxygen atoms in total. The Hall–Kier alpha value is -0.520. The average Bonchev–Trinajstić information content (AvgIpc) is 1.61. The molecule has 8 heavy (non-hydrogen) atoms. The highest BCUT2D eigenvalue weighted by atomic mass is 16.3. The monoisotopic (exact) mass is 113 g/mol. The summed E-state index contributed by atoms with van der Waals surface area (Å²) in [6, 6.07) is 0. The van der Waals surface area contributed by atoms with E-state index in [0.29, 0.717) is 0 Å². The topological polar surface area (TPSA) is 46.2 Å². The van der Waals surface area contributed by atoms with Crippen LogP contribution in [0.3, 0.4) is 0 Å². The number of hydrogen-bond acceptors (Lipinski definition) is 2. The van der Waals surface area contributed by atoms with Gasteiger partial charge < -0.3 is 5.11 Å². The molecule has 46 valence electrons. The van der Waals surface area contributed by atoms with Crippen molar-refractivity contribution in [1.82, 2.24) is 0 Å². The van der Waals surface area contributed by atoms with Crippen LogP contribution >= 0.6 is 0 Å². The highest BCUT2D eigenvalue weighted by molar-refractivity contribution is 5.04. The maximum absolute atomic E-state index is 8.41. The first-order chi connectivity index (χ1) is 3.63. The molecule has 0 saturated heterocycles. The molecular weight excluding hydrogens is 102 g/mol. The van der Waals surface area contributed by atoms with Gasteiger partial charge in [-0.15, -0.1) is 0 Å². The van der Waals surface area contributed by atoms with E-state index in [1.165, 1.54) is 0 Å². The molecule has 0 fully saturated rings. The fourth-order valence-corrected chi connectivity index (χ4v) is 0.252. The Kier molecular flexibility index (Phi) is 3.25. The van der Waals surface area contributed by atoms with Gasteiger partial charge in [0, 0.05) is 5.92 Å². The molecule has 1 unspecified atom stereocenters. The van der Waals surface area contributed by atoms with Crippen molar-refractivity contribution in [2.45, 2.75) is 20.1 Å². The Morgan fingerprint density at radius 2 is 1.88 bits per heavy atom. The average molecular weight is 113 g/mol. The third kappa shape index (κ3) is 5.48. The van der Waals surface area contributed by atoms with Crippen molar-refractivity contribution in [3.05, 3.63) is 0 Å². The van der Waals surface area contributed by atoms with E-state index >= 15 is 0 Å². The van der Waals surface area contributed by atoms with Crippen molar-refractivity contribution in [3.63, 3.8) is 0 Å². The lowest BCUT2D eigenvalue weighted by Gasteiger charge is -1.90. The molecule has 0 amide bonds. The second-order valence-electron chi connectivity index (χ2n) is 1.89. The summed E-state index contributed by atoms with van der Waals surface area (Å²) in [6.07, 6.45) is -0.975. The van der Waals surface area contributed by atoms with E-state index in [1.807, 2.05) is 13.8 Å². The van der Waals surface area contributed by atoms with Crippen LogP contribution < -0.4 is 5.73 Å². The van der Waals surface area contributed by atoms with Gasteiger partial charge in [-0.05, 0) is 0 Å². The lowest BCUT2D eigenvalue weighted by Crippen LogP contribution is -2.15. The number of nitrogens with two attached hydrogens (primary N) is 1. The molecule has 0 spiro atoms. The minimum Gasteiger partial charge on any atom is -0.368 e. The summed E-state index contributed by atoms with van der Waals surface area (Å²) < 4.78 is 0. The molecule has 0 aliphatic carbocycles. The number of aliphatic hydroxyl groups is 1. The number of hydrogen-bond donors (Lipinski definition) is 2. The summed E-state index contributed by atoms with van der Waals surface area (Å²) in [7, 11) is 0. The van der Waals surface area contributed by atoms with Crippen LogP contribution in [0, 0.1) is 17.8 Å². The van der Waals surface area contributed by atoms with E-state index in [2.05, 4.69) is 11.8 Å². The molecule has 0 aliphatic heterocycles. The lowest BCUT2D eigenvalue weighted by molar-refractivity contribution is 0.241. The van der Waals surface area contributed by atoms with Crippen molar-refractivity contribution in [2.24, 2.45) is 11.7 Å². The second kappa shape index (κ2) is 3.48. The first-order valence-corrected chi connectivity index (χ1v) is 2.57. The lowest BCUT2D eigenvalue weighted by atomic mass is 10.2. The summed E-state index contributed by atoms with van der Waals surface area (Å²) >= 11 is 0. The zero-order valence-electron chi connectivity index (χ0n) is 5.18. The maximum Gasteiger partial charge on any atom is 0.165 e. The Morgan fingerprint density at radius 3 is 2.00 bits per heavy atom. The molecule has 3 N–H and O–H groups in total. The van der Waals surface area contributed by atoms with Crippen molar-refractivity contribution in [3.8, 4) is 11.8 Å². The normalized spacial score (nSPS) is 12.6. The Balaban J connectivity index is 3.50. The quantitative estimate of drug-likeness (QED) is 0.341. The molecule has 0 rings (SSSR count). The van der Waals surface area contributed by atoms with E-state index in [1.54, 1.807) is 0 Å². The zero-order chi connectivity index (χ0) is 6.57. The third-order valence-corrected chi connectivity index (χ3v) is 0.520. The summed E-state index contributed by atoms with van der Waals surface area (Å²) in [6.45, 7) is 3.88. The summed E-state index contributed by atoms with van der Waals surface area (Å²) in [4.78, 5) is 0. The van der Waals surface area contributed by atoms with E-state index in [-0.39, 0.29) is 5.92 Å². The largest absolute Gasteiger partial charge is 0.368 e. The van der Waals surface area contributed by atoms with Crippen LogP contribution in [0.1, 0.15) is 13.8 Å². The van der Waals surface area contributed by atoms with E-state index in [0.717, 1.165) is 0 Å². The highest BCUT2D eigenvalue weighted by Gasteiger charge is 1.84. The molecule has 1 atom stereocenters. The molecule has 0 bridgehead atoms. The summed E-state index contributed by atoms with van der Waals surface area (Å²) in [5.74, 6) is 5.43. The minimum atomic E-state index is -0.975. The highest BCUT2D eigenvalue weighted by Crippen LogP contribution is 1.84. The maximum atomic E-state index is 8.41. The molecular formula is C6H11NO. The van der Waals surface area contributed by atoms with Gasteiger partial charge in [-0.1, -0.05) is 25.7 Å². The smallest absolute Gasteiger partial charge is 0.165 e. The first kappa shape index (κ1) is 7.48. The molecule has 0 radical (unpaired) electrons. The predicted molar refractivity (Wildman–Crippen MR) is 32.8 cm³/mol. The number of rotatable bonds is 0. The molecule has 2 heteroatoms. The molecule has 0 aromatic carbocycles. The van der Waals surface area contributed by atoms with Crippen LogP contribution in [0.15, 0.2) is 0 Å². The van der Waals surface area contributed by atoms with Gasteiger partial charge in [0.25, 0.3) is 0 Å². The van der Waals surface area contributed by atoms with Crippen molar-refractivity contribution in [2.75, 3.05) is 0 Å². The Labute approximate surface area is 49.7 Å². The van der Waals surface area contributed by atoms with E-state index in [9.17, 15) is 0 Å². The van der Waals surface area contributed by atoms with Gasteiger partial charge in [0.05, 0.1) is 0 Å². The molecule has 0 heterocycles. The fourth-order valence-electron chi connectivity index (χ4n) is 0.252.